The molecule has 0 aliphatic heterocycles. The maximum atomic E-state index is 11.1. The van der Waals surface area contributed by atoms with E-state index in [1.54, 1.807) is 19.1 Å². The Balaban J connectivity index is 0.000000457. The first-order valence-electron chi connectivity index (χ1n) is 12.8. The average molecular weight is 621 g/mol. The Kier molecular flexibility index (Phi) is 18.9. The summed E-state index contributed by atoms with van der Waals surface area (Å²) in [5.74, 6) is -1.98. The molecule has 0 heterocycles. The Bertz CT molecular complexity index is 1280. The molecule has 18 heteroatoms. The lowest BCUT2D eigenvalue weighted by Crippen LogP contribution is -2.22. The van der Waals surface area contributed by atoms with E-state index in [1.807, 2.05) is 0 Å². The van der Waals surface area contributed by atoms with Gasteiger partial charge in [0.05, 0.1) is 44.2 Å². The molecule has 0 fully saturated rings. The first-order chi connectivity index (χ1) is 21.2. The van der Waals surface area contributed by atoms with Crippen LogP contribution in [0.25, 0.3) is 20.9 Å². The lowest BCUT2D eigenvalue weighted by molar-refractivity contribution is -0.149. The number of benzene rings is 2. The normalized spacial score (nSPS) is 11.3. The number of aliphatic hydroxyl groups excluding tert-OH is 1. The number of carbonyl (C=O) groups excluding carboxylic acids is 1. The van der Waals surface area contributed by atoms with Gasteiger partial charge in [0.2, 0.25) is 0 Å². The standard InChI is InChI=1S/C15H19N3O7.C11H13N3O5/c1-2-23-14(19)10-22-6-7-24-13(17-18-16)9-25-12-5-3-4-11(8-12)15(20)21;12-14-13-10(18-5-4-15)7-19-9-3-1-2-8(6-9)11(16)17/h3-5,8,13H,2,6-7,9-10H2,1H3,(H,20,21);1-3,6,10,15H,4-5,7H2,(H,16,17). The van der Waals surface area contributed by atoms with Gasteiger partial charge >= 0.3 is 17.9 Å². The quantitative estimate of drug-likeness (QED) is 0.0632. The summed E-state index contributed by atoms with van der Waals surface area (Å²) in [6.07, 6.45) is -1.81. The molecule has 0 saturated heterocycles. The Hall–Kier alpha value is -5.09. The van der Waals surface area contributed by atoms with Crippen LogP contribution in [0.2, 0.25) is 0 Å². The third-order valence-electron chi connectivity index (χ3n) is 4.77. The van der Waals surface area contributed by atoms with Crippen LogP contribution in [0.3, 0.4) is 0 Å². The van der Waals surface area contributed by atoms with Gasteiger partial charge in [-0.3, -0.25) is 0 Å². The zero-order valence-corrected chi connectivity index (χ0v) is 23.6. The van der Waals surface area contributed by atoms with Crippen molar-refractivity contribution in [1.82, 2.24) is 0 Å². The fraction of sp³-hybridized carbons (Fsp3) is 0.423. The Morgan fingerprint density at radius 2 is 1.32 bits per heavy atom. The van der Waals surface area contributed by atoms with Crippen molar-refractivity contribution in [3.63, 3.8) is 0 Å². The lowest BCUT2D eigenvalue weighted by Gasteiger charge is -2.14. The third kappa shape index (κ3) is 16.4. The van der Waals surface area contributed by atoms with E-state index < -0.39 is 30.4 Å². The van der Waals surface area contributed by atoms with E-state index >= 15 is 0 Å². The molecule has 0 aromatic heterocycles. The Labute approximate surface area is 250 Å². The second-order valence-electron chi connectivity index (χ2n) is 7.93. The van der Waals surface area contributed by atoms with Crippen molar-refractivity contribution in [3.8, 4) is 11.5 Å². The fourth-order valence-corrected chi connectivity index (χ4v) is 2.91. The summed E-state index contributed by atoms with van der Waals surface area (Å²) >= 11 is 0. The van der Waals surface area contributed by atoms with E-state index in [-0.39, 0.29) is 64.0 Å². The van der Waals surface area contributed by atoms with Crippen LogP contribution in [0.5, 0.6) is 11.5 Å². The number of carbonyl (C=O) groups is 3. The van der Waals surface area contributed by atoms with Gasteiger partial charge in [-0.05, 0) is 54.4 Å². The summed E-state index contributed by atoms with van der Waals surface area (Å²) < 4.78 is 30.7. The molecular weight excluding hydrogens is 588 g/mol. The van der Waals surface area contributed by atoms with E-state index in [0.717, 1.165) is 0 Å². The molecular formula is C26H32N6O12. The van der Waals surface area contributed by atoms with Crippen molar-refractivity contribution in [1.29, 1.82) is 0 Å². The number of azide groups is 2. The molecule has 0 saturated carbocycles. The smallest absolute Gasteiger partial charge is 0.335 e. The largest absolute Gasteiger partial charge is 0.491 e. The van der Waals surface area contributed by atoms with E-state index in [2.05, 4.69) is 24.8 Å². The lowest BCUT2D eigenvalue weighted by atomic mass is 10.2. The molecule has 18 nitrogen and oxygen atoms in total. The summed E-state index contributed by atoms with van der Waals surface area (Å²) in [5, 5.41) is 33.1. The number of aromatic carboxylic acids is 2. The van der Waals surface area contributed by atoms with E-state index in [9.17, 15) is 14.4 Å². The fourth-order valence-electron chi connectivity index (χ4n) is 2.91. The van der Waals surface area contributed by atoms with Gasteiger partial charge < -0.3 is 43.7 Å². The van der Waals surface area contributed by atoms with Gasteiger partial charge in [0.25, 0.3) is 0 Å². The van der Waals surface area contributed by atoms with Crippen molar-refractivity contribution >= 4 is 17.9 Å². The topological polar surface area (TPSA) is 265 Å². The minimum atomic E-state index is -1.08. The molecule has 0 bridgehead atoms. The molecule has 3 N–H and O–H groups in total. The molecule has 44 heavy (non-hydrogen) atoms. The summed E-state index contributed by atoms with van der Waals surface area (Å²) in [6.45, 7) is 1.58. The highest BCUT2D eigenvalue weighted by molar-refractivity contribution is 5.88. The van der Waals surface area contributed by atoms with Gasteiger partial charge in [-0.1, -0.05) is 22.4 Å². The highest BCUT2D eigenvalue weighted by Crippen LogP contribution is 2.15. The monoisotopic (exact) mass is 620 g/mol. The van der Waals surface area contributed by atoms with Crippen molar-refractivity contribution in [2.45, 2.75) is 19.4 Å². The number of carboxylic acids is 2. The zero-order valence-electron chi connectivity index (χ0n) is 23.6. The molecule has 0 aliphatic rings. The second-order valence-corrected chi connectivity index (χ2v) is 7.93. The van der Waals surface area contributed by atoms with Gasteiger partial charge in [0.15, 0.2) is 12.5 Å². The molecule has 0 radical (unpaired) electrons. The number of esters is 1. The van der Waals surface area contributed by atoms with Crippen LogP contribution in [0, 0.1) is 0 Å². The SMILES string of the molecule is CCOC(=O)COCCOC(COc1cccc(C(=O)O)c1)N=[N+]=[N-].[N-]=[N+]=NC(COc1cccc(C(=O)O)c1)OCCO. The molecule has 2 atom stereocenters. The van der Waals surface area contributed by atoms with E-state index in [0.29, 0.717) is 11.5 Å². The van der Waals surface area contributed by atoms with E-state index in [1.165, 1.54) is 36.4 Å². The van der Waals surface area contributed by atoms with Gasteiger partial charge in [0.1, 0.15) is 31.3 Å². The second kappa shape index (κ2) is 22.5. The number of carboxylic acid groups (broad SMARTS) is 2. The number of aliphatic hydroxyl groups is 1. The average Bonchev–Trinajstić information content (AvgIpc) is 3.01. The molecule has 238 valence electrons. The molecule has 0 aliphatic carbocycles. The third-order valence-corrected chi connectivity index (χ3v) is 4.77. The first kappa shape index (κ1) is 36.9. The van der Waals surface area contributed by atoms with Crippen LogP contribution in [0.4, 0.5) is 0 Å². The molecule has 0 spiro atoms. The number of ether oxygens (including phenoxy) is 6. The number of nitrogens with zero attached hydrogens (tertiary/aromatic N) is 6. The first-order valence-corrected chi connectivity index (χ1v) is 12.8. The molecule has 2 aromatic rings. The van der Waals surface area contributed by atoms with Gasteiger partial charge in [0, 0.05) is 9.82 Å². The highest BCUT2D eigenvalue weighted by Gasteiger charge is 2.11. The van der Waals surface area contributed by atoms with Crippen molar-refractivity contribution < 1.29 is 58.1 Å². The van der Waals surface area contributed by atoms with Gasteiger partial charge in [-0.15, -0.1) is 0 Å². The molecule has 0 amide bonds. The number of hydrogen-bond donors (Lipinski definition) is 3. The van der Waals surface area contributed by atoms with Crippen molar-refractivity contribution in [3.05, 3.63) is 80.5 Å². The van der Waals surface area contributed by atoms with Gasteiger partial charge in [-0.25, -0.2) is 14.4 Å². The Morgan fingerprint density at radius 1 is 0.818 bits per heavy atom. The van der Waals surface area contributed by atoms with Crippen molar-refractivity contribution in [2.24, 2.45) is 10.2 Å². The van der Waals surface area contributed by atoms with Crippen LogP contribution < -0.4 is 9.47 Å². The summed E-state index contributed by atoms with van der Waals surface area (Å²) in [7, 11) is 0. The summed E-state index contributed by atoms with van der Waals surface area (Å²) in [6, 6.07) is 11.8. The van der Waals surface area contributed by atoms with Crippen LogP contribution in [-0.4, -0.2) is 98.5 Å². The summed E-state index contributed by atoms with van der Waals surface area (Å²) in [5.41, 5.74) is 17.0. The van der Waals surface area contributed by atoms with Crippen molar-refractivity contribution in [2.75, 3.05) is 52.9 Å². The number of hydrogen-bond acceptors (Lipinski definition) is 12. The predicted molar refractivity (Wildman–Crippen MR) is 150 cm³/mol. The maximum absolute atomic E-state index is 11.1. The molecule has 2 rings (SSSR count). The maximum Gasteiger partial charge on any atom is 0.335 e. The summed E-state index contributed by atoms with van der Waals surface area (Å²) in [4.78, 5) is 38.0. The van der Waals surface area contributed by atoms with Crippen LogP contribution in [0.1, 0.15) is 27.6 Å². The zero-order chi connectivity index (χ0) is 32.6. The molecule has 2 unspecified atom stereocenters. The Morgan fingerprint density at radius 3 is 1.75 bits per heavy atom. The molecule has 2 aromatic carbocycles. The van der Waals surface area contributed by atoms with Crippen LogP contribution in [0.15, 0.2) is 58.8 Å². The number of rotatable bonds is 20. The minimum absolute atomic E-state index is 0.0161. The van der Waals surface area contributed by atoms with E-state index in [4.69, 9.17) is 50.1 Å². The highest BCUT2D eigenvalue weighted by atomic mass is 16.6. The van der Waals surface area contributed by atoms with Crippen LogP contribution >= 0.6 is 0 Å². The van der Waals surface area contributed by atoms with Crippen LogP contribution in [-0.2, 0) is 23.7 Å². The van der Waals surface area contributed by atoms with Gasteiger partial charge in [-0.2, -0.15) is 0 Å². The minimum Gasteiger partial charge on any atom is -0.491 e. The predicted octanol–water partition coefficient (Wildman–Crippen LogP) is 3.41.